The number of benzene rings is 7. The van der Waals surface area contributed by atoms with Crippen LogP contribution in [0.3, 0.4) is 0 Å². The van der Waals surface area contributed by atoms with E-state index >= 15 is 0 Å². The highest BCUT2D eigenvalue weighted by atomic mass is 15.7. The summed E-state index contributed by atoms with van der Waals surface area (Å²) in [5.74, 6) is 0. The SMILES string of the molecule is C=C(c1cccc(N2NN=C(c3cccc(-c4ccc5ccccc5c4)c3)C=C2c2ccc(C3=CCC=CN=C3)cc2)c1)c1ccccc1-c1ccccc1C. The molecule has 0 radical (unpaired) electrons. The van der Waals surface area contributed by atoms with E-state index in [0.29, 0.717) is 0 Å². The Bertz CT molecular complexity index is 2780. The molecule has 0 bridgehead atoms. The lowest BCUT2D eigenvalue weighted by atomic mass is 9.90. The van der Waals surface area contributed by atoms with Crippen LogP contribution in [0.4, 0.5) is 5.69 Å². The van der Waals surface area contributed by atoms with Crippen molar-refractivity contribution in [1.82, 2.24) is 5.53 Å². The number of aliphatic imine (C=N–C) groups is 1. The molecular formula is C52H40N4. The van der Waals surface area contributed by atoms with Gasteiger partial charge < -0.3 is 0 Å². The molecule has 0 fully saturated rings. The fraction of sp³-hybridized carbons (Fsp3) is 0.0385. The molecule has 268 valence electrons. The monoisotopic (exact) mass is 720 g/mol. The van der Waals surface area contributed by atoms with Crippen LogP contribution in [0.2, 0.25) is 0 Å². The lowest BCUT2D eigenvalue weighted by molar-refractivity contribution is 0.758. The van der Waals surface area contributed by atoms with Gasteiger partial charge in [-0.25, -0.2) is 10.5 Å². The zero-order valence-electron chi connectivity index (χ0n) is 31.2. The standard InChI is InChI=1S/C52H40N4/c1-36-13-3-6-21-48(36)50-23-8-7-22-49(50)37(2)41-17-12-20-47(33-41)56-52(40-27-24-39(25-28-40)46-16-9-10-30-53-35-46)34-51(54-55-56)45-19-11-18-43(32-45)44-29-26-38-14-4-5-15-42(38)31-44/h3-8,10-35,55H,2,9H2,1H3. The van der Waals surface area contributed by atoms with Gasteiger partial charge in [0.05, 0.1) is 17.1 Å². The summed E-state index contributed by atoms with van der Waals surface area (Å²) >= 11 is 0. The predicted octanol–water partition coefficient (Wildman–Crippen LogP) is 12.7. The molecule has 56 heavy (non-hydrogen) atoms. The summed E-state index contributed by atoms with van der Waals surface area (Å²) in [6.45, 7) is 6.79. The molecule has 0 aromatic heterocycles. The minimum atomic E-state index is 0.848. The summed E-state index contributed by atoms with van der Waals surface area (Å²) in [6, 6.07) is 58.0. The number of anilines is 1. The van der Waals surface area contributed by atoms with Crippen molar-refractivity contribution in [2.45, 2.75) is 13.3 Å². The number of hydrazone groups is 1. The molecule has 0 unspecified atom stereocenters. The molecule has 2 heterocycles. The lowest BCUT2D eigenvalue weighted by Crippen LogP contribution is -2.37. The van der Waals surface area contributed by atoms with Crippen LogP contribution < -0.4 is 10.5 Å². The largest absolute Gasteiger partial charge is 0.264 e. The number of hydrogen-bond acceptors (Lipinski definition) is 4. The highest BCUT2D eigenvalue weighted by molar-refractivity contribution is 6.15. The summed E-state index contributed by atoms with van der Waals surface area (Å²) < 4.78 is 0. The Morgan fingerprint density at radius 2 is 1.34 bits per heavy atom. The van der Waals surface area contributed by atoms with Crippen molar-refractivity contribution < 1.29 is 0 Å². The van der Waals surface area contributed by atoms with Crippen molar-refractivity contribution in [1.29, 1.82) is 0 Å². The van der Waals surface area contributed by atoms with Gasteiger partial charge in [-0.15, -0.1) is 0 Å². The van der Waals surface area contributed by atoms with Crippen molar-refractivity contribution in [3.8, 4) is 22.3 Å². The van der Waals surface area contributed by atoms with E-state index in [2.05, 4.69) is 211 Å². The fourth-order valence-corrected chi connectivity index (χ4v) is 7.53. The second kappa shape index (κ2) is 15.2. The van der Waals surface area contributed by atoms with E-state index in [0.717, 1.165) is 68.0 Å². The smallest absolute Gasteiger partial charge is 0.0943 e. The van der Waals surface area contributed by atoms with E-state index in [9.17, 15) is 0 Å². The molecule has 9 rings (SSSR count). The molecule has 0 saturated carbocycles. The van der Waals surface area contributed by atoms with Gasteiger partial charge in [0.25, 0.3) is 0 Å². The highest BCUT2D eigenvalue weighted by Crippen LogP contribution is 2.36. The highest BCUT2D eigenvalue weighted by Gasteiger charge is 2.22. The number of hydrogen-bond donors (Lipinski definition) is 1. The van der Waals surface area contributed by atoms with Gasteiger partial charge in [0.1, 0.15) is 0 Å². The van der Waals surface area contributed by atoms with Crippen LogP contribution in [0.15, 0.2) is 205 Å². The van der Waals surface area contributed by atoms with Crippen LogP contribution >= 0.6 is 0 Å². The van der Waals surface area contributed by atoms with Crippen LogP contribution in [-0.4, -0.2) is 11.9 Å². The van der Waals surface area contributed by atoms with Crippen LogP contribution in [0.25, 0.3) is 49.9 Å². The summed E-state index contributed by atoms with van der Waals surface area (Å²) in [4.78, 5) is 4.42. The maximum atomic E-state index is 4.98. The Labute approximate surface area is 328 Å². The number of hydrazine groups is 1. The third kappa shape index (κ3) is 6.92. The maximum absolute atomic E-state index is 4.98. The summed E-state index contributed by atoms with van der Waals surface area (Å²) in [6.07, 6.45) is 11.1. The molecule has 0 amide bonds. The third-order valence-electron chi connectivity index (χ3n) is 10.6. The van der Waals surface area contributed by atoms with Gasteiger partial charge in [0.2, 0.25) is 0 Å². The number of nitrogens with one attached hydrogen (secondary N) is 1. The topological polar surface area (TPSA) is 40.0 Å². The Morgan fingerprint density at radius 3 is 2.21 bits per heavy atom. The average Bonchev–Trinajstić information content (AvgIpc) is 3.56. The Hall–Kier alpha value is -7.30. The van der Waals surface area contributed by atoms with Crippen LogP contribution in [0.5, 0.6) is 0 Å². The molecular weight excluding hydrogens is 681 g/mol. The Morgan fingerprint density at radius 1 is 0.625 bits per heavy atom. The quantitative estimate of drug-likeness (QED) is 0.170. The number of fused-ring (bicyclic) bond motifs is 1. The summed E-state index contributed by atoms with van der Waals surface area (Å²) in [7, 11) is 0. The van der Waals surface area contributed by atoms with E-state index in [1.165, 1.54) is 33.0 Å². The van der Waals surface area contributed by atoms with Gasteiger partial charge in [-0.1, -0.05) is 158 Å². The van der Waals surface area contributed by atoms with Crippen molar-refractivity contribution in [2.24, 2.45) is 10.1 Å². The van der Waals surface area contributed by atoms with Crippen molar-refractivity contribution in [2.75, 3.05) is 5.01 Å². The molecule has 4 nitrogen and oxygen atoms in total. The van der Waals surface area contributed by atoms with Crippen molar-refractivity contribution in [3.63, 3.8) is 0 Å². The zero-order valence-corrected chi connectivity index (χ0v) is 31.2. The summed E-state index contributed by atoms with van der Waals surface area (Å²) in [5.41, 5.74) is 19.5. The molecule has 2 aliphatic heterocycles. The van der Waals surface area contributed by atoms with Crippen LogP contribution in [-0.2, 0) is 0 Å². The van der Waals surface area contributed by atoms with Gasteiger partial charge in [0, 0.05) is 23.5 Å². The molecule has 0 saturated heterocycles. The van der Waals surface area contributed by atoms with E-state index in [1.807, 2.05) is 12.4 Å². The minimum Gasteiger partial charge on any atom is -0.264 e. The van der Waals surface area contributed by atoms with Crippen LogP contribution in [0, 0.1) is 6.92 Å². The second-order valence-electron chi connectivity index (χ2n) is 14.1. The normalized spacial score (nSPS) is 13.7. The van der Waals surface area contributed by atoms with Gasteiger partial charge in [0.15, 0.2) is 0 Å². The number of nitrogens with zero attached hydrogens (tertiary/aromatic N) is 3. The van der Waals surface area contributed by atoms with Crippen LogP contribution in [0.1, 0.15) is 39.8 Å². The Kier molecular flexibility index (Phi) is 9.36. The number of aryl methyl sites for hydroxylation is 1. The first-order chi connectivity index (χ1) is 27.6. The zero-order chi connectivity index (χ0) is 37.8. The first-order valence-corrected chi connectivity index (χ1v) is 19.0. The number of rotatable bonds is 8. The van der Waals surface area contributed by atoms with E-state index < -0.39 is 0 Å². The van der Waals surface area contributed by atoms with Gasteiger partial charge in [-0.05, 0) is 110 Å². The molecule has 0 aliphatic carbocycles. The van der Waals surface area contributed by atoms with Crippen molar-refractivity contribution >= 4 is 45.2 Å². The average molecular weight is 721 g/mol. The molecule has 7 aromatic carbocycles. The minimum absolute atomic E-state index is 0.848. The molecule has 1 N–H and O–H groups in total. The Balaban J connectivity index is 1.09. The molecule has 0 spiro atoms. The van der Waals surface area contributed by atoms with E-state index in [4.69, 9.17) is 5.10 Å². The van der Waals surface area contributed by atoms with Gasteiger partial charge in [-0.3, -0.25) is 4.99 Å². The molecule has 0 atom stereocenters. The van der Waals surface area contributed by atoms with Gasteiger partial charge in [-0.2, -0.15) is 5.10 Å². The first kappa shape index (κ1) is 34.5. The molecule has 7 aromatic rings. The van der Waals surface area contributed by atoms with Gasteiger partial charge >= 0.3 is 0 Å². The van der Waals surface area contributed by atoms with E-state index in [1.54, 1.807) is 0 Å². The predicted molar refractivity (Wildman–Crippen MR) is 237 cm³/mol. The lowest BCUT2D eigenvalue weighted by Gasteiger charge is -2.30. The summed E-state index contributed by atoms with van der Waals surface area (Å²) in [5, 5.41) is 9.49. The fourth-order valence-electron chi connectivity index (χ4n) is 7.53. The second-order valence-corrected chi connectivity index (χ2v) is 14.1. The number of allylic oxidation sites excluding steroid dienone is 4. The molecule has 2 aliphatic rings. The first-order valence-electron chi connectivity index (χ1n) is 19.0. The molecule has 4 heteroatoms. The third-order valence-corrected chi connectivity index (χ3v) is 10.6. The maximum Gasteiger partial charge on any atom is 0.0943 e. The van der Waals surface area contributed by atoms with Crippen molar-refractivity contribution in [3.05, 3.63) is 228 Å². The van der Waals surface area contributed by atoms with E-state index in [-0.39, 0.29) is 0 Å².